The zero-order valence-corrected chi connectivity index (χ0v) is 13.3. The van der Waals surface area contributed by atoms with Crippen molar-refractivity contribution in [3.8, 4) is 5.75 Å². The molecule has 0 aliphatic carbocycles. The predicted molar refractivity (Wildman–Crippen MR) is 88.0 cm³/mol. The Kier molecular flexibility index (Phi) is 5.58. The van der Waals surface area contributed by atoms with Crippen LogP contribution in [0, 0.1) is 0 Å². The first-order valence-corrected chi connectivity index (χ1v) is 7.31. The molecule has 0 saturated heterocycles. The lowest BCUT2D eigenvalue weighted by atomic mass is 10.2. The van der Waals surface area contributed by atoms with Crippen molar-refractivity contribution in [2.75, 3.05) is 7.11 Å². The Bertz CT molecular complexity index is 635. The van der Waals surface area contributed by atoms with Gasteiger partial charge in [-0.3, -0.25) is 4.79 Å². The molecular weight excluding hydrogens is 330 g/mol. The number of benzene rings is 2. The summed E-state index contributed by atoms with van der Waals surface area (Å²) in [5.41, 5.74) is 2.00. The summed E-state index contributed by atoms with van der Waals surface area (Å²) in [7, 11) is 1.63. The molecule has 2 aromatic carbocycles. The van der Waals surface area contributed by atoms with Crippen molar-refractivity contribution in [3.05, 3.63) is 70.2 Å². The number of ether oxygens (including phenoxy) is 1. The molecule has 21 heavy (non-hydrogen) atoms. The summed E-state index contributed by atoms with van der Waals surface area (Å²) < 4.78 is 6.08. The highest BCUT2D eigenvalue weighted by atomic mass is 79.9. The number of hydrogen-bond donors (Lipinski definition) is 1. The Hall–Kier alpha value is -2.07. The lowest BCUT2D eigenvalue weighted by Crippen LogP contribution is -2.20. The number of rotatable bonds is 5. The molecule has 0 aliphatic heterocycles. The Morgan fingerprint density at radius 3 is 2.57 bits per heavy atom. The minimum atomic E-state index is -0.124. The fourth-order valence-electron chi connectivity index (χ4n) is 1.77. The lowest BCUT2D eigenvalue weighted by Gasteiger charge is -2.04. The van der Waals surface area contributed by atoms with Crippen LogP contribution in [0.3, 0.4) is 0 Å². The van der Waals surface area contributed by atoms with Crippen LogP contribution in [0.2, 0.25) is 0 Å². The van der Waals surface area contributed by atoms with Crippen LogP contribution in [-0.4, -0.2) is 13.0 Å². The summed E-state index contributed by atoms with van der Waals surface area (Å²) in [5.74, 6) is 0.673. The highest BCUT2D eigenvalue weighted by molar-refractivity contribution is 9.10. The second-order valence-electron chi connectivity index (χ2n) is 4.42. The summed E-state index contributed by atoms with van der Waals surface area (Å²) in [6.07, 6.45) is 3.30. The van der Waals surface area contributed by atoms with Crippen LogP contribution in [0.4, 0.5) is 0 Å². The number of methoxy groups -OCH3 is 1. The maximum atomic E-state index is 11.8. The third kappa shape index (κ3) is 4.76. The first-order chi connectivity index (χ1) is 10.2. The molecule has 2 aromatic rings. The number of amides is 1. The molecule has 0 aromatic heterocycles. The molecule has 1 N–H and O–H groups in total. The van der Waals surface area contributed by atoms with Gasteiger partial charge in [0.05, 0.1) is 7.11 Å². The van der Waals surface area contributed by atoms with E-state index in [0.717, 1.165) is 21.3 Å². The second-order valence-corrected chi connectivity index (χ2v) is 5.27. The average molecular weight is 346 g/mol. The Balaban J connectivity index is 1.89. The first-order valence-electron chi connectivity index (χ1n) is 6.52. The number of nitrogens with one attached hydrogen (secondary N) is 1. The summed E-state index contributed by atoms with van der Waals surface area (Å²) in [5, 5.41) is 2.85. The van der Waals surface area contributed by atoms with Gasteiger partial charge >= 0.3 is 0 Å². The van der Waals surface area contributed by atoms with Crippen LogP contribution in [0.15, 0.2) is 59.1 Å². The molecule has 3 nitrogen and oxygen atoms in total. The van der Waals surface area contributed by atoms with Crippen LogP contribution >= 0.6 is 15.9 Å². The van der Waals surface area contributed by atoms with Gasteiger partial charge in [-0.25, -0.2) is 0 Å². The fraction of sp³-hybridized carbons (Fsp3) is 0.118. The predicted octanol–water partition coefficient (Wildman–Crippen LogP) is 3.79. The maximum Gasteiger partial charge on any atom is 0.244 e. The second kappa shape index (κ2) is 7.64. The van der Waals surface area contributed by atoms with Gasteiger partial charge in [0.2, 0.25) is 5.91 Å². The smallest absolute Gasteiger partial charge is 0.244 e. The number of carbonyl (C=O) groups is 1. The van der Waals surface area contributed by atoms with E-state index in [2.05, 4.69) is 21.2 Å². The summed E-state index contributed by atoms with van der Waals surface area (Å²) in [4.78, 5) is 11.8. The van der Waals surface area contributed by atoms with E-state index in [1.807, 2.05) is 48.5 Å². The van der Waals surface area contributed by atoms with E-state index in [-0.39, 0.29) is 5.91 Å². The summed E-state index contributed by atoms with van der Waals surface area (Å²) in [6.45, 7) is 0.493. The van der Waals surface area contributed by atoms with E-state index in [1.165, 1.54) is 6.08 Å². The van der Waals surface area contributed by atoms with Gasteiger partial charge in [-0.15, -0.1) is 0 Å². The molecule has 0 unspecified atom stereocenters. The maximum absolute atomic E-state index is 11.8. The molecule has 0 atom stereocenters. The molecule has 108 valence electrons. The highest BCUT2D eigenvalue weighted by Crippen LogP contribution is 2.15. The van der Waals surface area contributed by atoms with Crippen LogP contribution < -0.4 is 10.1 Å². The van der Waals surface area contributed by atoms with Crippen molar-refractivity contribution in [1.82, 2.24) is 5.32 Å². The molecule has 4 heteroatoms. The van der Waals surface area contributed by atoms with E-state index < -0.39 is 0 Å². The van der Waals surface area contributed by atoms with Crippen molar-refractivity contribution in [1.29, 1.82) is 0 Å². The Labute approximate surface area is 132 Å². The van der Waals surface area contributed by atoms with Crippen LogP contribution in [0.1, 0.15) is 11.1 Å². The van der Waals surface area contributed by atoms with E-state index in [9.17, 15) is 4.79 Å². The third-order valence-corrected chi connectivity index (χ3v) is 3.73. The van der Waals surface area contributed by atoms with E-state index in [0.29, 0.717) is 6.54 Å². The molecule has 2 rings (SSSR count). The quantitative estimate of drug-likeness (QED) is 0.837. The Morgan fingerprint density at radius 1 is 1.19 bits per heavy atom. The van der Waals surface area contributed by atoms with Crippen LogP contribution in [-0.2, 0) is 11.3 Å². The number of carbonyl (C=O) groups excluding carboxylic acids is 1. The number of hydrogen-bond acceptors (Lipinski definition) is 2. The first kappa shape index (κ1) is 15.3. The standard InChI is InChI=1S/C17H16BrNO2/c1-21-15-9-6-13(7-10-15)8-11-17(20)19-12-14-4-2-3-5-16(14)18/h2-11H,12H2,1H3,(H,19,20)/b11-8+. The van der Waals surface area contributed by atoms with Gasteiger partial charge in [0.15, 0.2) is 0 Å². The van der Waals surface area contributed by atoms with Gasteiger partial charge in [0.1, 0.15) is 5.75 Å². The van der Waals surface area contributed by atoms with Gasteiger partial charge in [-0.1, -0.05) is 46.3 Å². The highest BCUT2D eigenvalue weighted by Gasteiger charge is 2.00. The van der Waals surface area contributed by atoms with Crippen molar-refractivity contribution < 1.29 is 9.53 Å². The van der Waals surface area contributed by atoms with Crippen molar-refractivity contribution in [3.63, 3.8) is 0 Å². The minimum Gasteiger partial charge on any atom is -0.497 e. The van der Waals surface area contributed by atoms with Crippen LogP contribution in [0.5, 0.6) is 5.75 Å². The average Bonchev–Trinajstić information content (AvgIpc) is 2.52. The largest absolute Gasteiger partial charge is 0.497 e. The van der Waals surface area contributed by atoms with Crippen molar-refractivity contribution in [2.24, 2.45) is 0 Å². The van der Waals surface area contributed by atoms with E-state index in [1.54, 1.807) is 13.2 Å². The molecular formula is C17H16BrNO2. The van der Waals surface area contributed by atoms with Gasteiger partial charge in [-0.2, -0.15) is 0 Å². The van der Waals surface area contributed by atoms with Gasteiger partial charge in [0.25, 0.3) is 0 Å². The topological polar surface area (TPSA) is 38.3 Å². The van der Waals surface area contributed by atoms with Crippen molar-refractivity contribution >= 4 is 27.9 Å². The molecule has 0 heterocycles. The van der Waals surface area contributed by atoms with Gasteiger partial charge in [0, 0.05) is 17.1 Å². The summed E-state index contributed by atoms with van der Waals surface area (Å²) >= 11 is 3.45. The third-order valence-electron chi connectivity index (χ3n) is 2.95. The zero-order chi connectivity index (χ0) is 15.1. The molecule has 1 amide bonds. The number of halogens is 1. The summed E-state index contributed by atoms with van der Waals surface area (Å²) in [6, 6.07) is 15.3. The molecule has 0 aliphatic rings. The molecule has 0 spiro atoms. The Morgan fingerprint density at radius 2 is 1.90 bits per heavy atom. The SMILES string of the molecule is COc1ccc(/C=C/C(=O)NCc2ccccc2Br)cc1. The van der Waals surface area contributed by atoms with Gasteiger partial charge < -0.3 is 10.1 Å². The fourth-order valence-corrected chi connectivity index (χ4v) is 2.19. The molecule has 0 saturated carbocycles. The van der Waals surface area contributed by atoms with Gasteiger partial charge in [-0.05, 0) is 35.4 Å². The van der Waals surface area contributed by atoms with E-state index >= 15 is 0 Å². The lowest BCUT2D eigenvalue weighted by molar-refractivity contribution is -0.116. The normalized spacial score (nSPS) is 10.6. The van der Waals surface area contributed by atoms with Crippen molar-refractivity contribution in [2.45, 2.75) is 6.54 Å². The zero-order valence-electron chi connectivity index (χ0n) is 11.7. The molecule has 0 fully saturated rings. The monoisotopic (exact) mass is 345 g/mol. The molecule has 0 radical (unpaired) electrons. The minimum absolute atomic E-state index is 0.124. The van der Waals surface area contributed by atoms with E-state index in [4.69, 9.17) is 4.74 Å². The van der Waals surface area contributed by atoms with Crippen LogP contribution in [0.25, 0.3) is 6.08 Å². The molecule has 0 bridgehead atoms.